The number of nitro benzene ring substituents is 1. The van der Waals surface area contributed by atoms with Crippen molar-refractivity contribution in [3.63, 3.8) is 0 Å². The number of hydrogen-bond donors (Lipinski definition) is 0. The van der Waals surface area contributed by atoms with Crippen LogP contribution in [-0.4, -0.2) is 11.5 Å². The van der Waals surface area contributed by atoms with Gasteiger partial charge in [-0.15, -0.1) is 0 Å². The van der Waals surface area contributed by atoms with Crippen molar-refractivity contribution >= 4 is 5.69 Å². The number of rotatable bonds is 7. The average molecular weight is 313 g/mol. The number of benzene rings is 2. The maximum absolute atomic E-state index is 11.2. The van der Waals surface area contributed by atoms with Gasteiger partial charge in [-0.2, -0.15) is 0 Å². The van der Waals surface area contributed by atoms with Gasteiger partial charge in [-0.1, -0.05) is 35.9 Å². The molecule has 0 radical (unpaired) electrons. The highest BCUT2D eigenvalue weighted by molar-refractivity contribution is 5.51. The fraction of sp³-hybridized carbons (Fsp3) is 0.222. The summed E-state index contributed by atoms with van der Waals surface area (Å²) in [6.45, 7) is 4.59. The predicted octanol–water partition coefficient (Wildman–Crippen LogP) is 4.52. The fourth-order valence-electron chi connectivity index (χ4n) is 1.89. The third kappa shape index (κ3) is 5.14. The van der Waals surface area contributed by atoms with Crippen molar-refractivity contribution in [2.24, 2.45) is 0 Å². The Hall–Kier alpha value is -2.82. The molecule has 0 aliphatic carbocycles. The van der Waals surface area contributed by atoms with E-state index in [0.717, 1.165) is 11.1 Å². The van der Waals surface area contributed by atoms with Crippen LogP contribution in [0, 0.1) is 10.1 Å². The number of allylic oxidation sites excluding steroid dienone is 1. The summed E-state index contributed by atoms with van der Waals surface area (Å²) in [5, 5.41) is 11.2. The van der Waals surface area contributed by atoms with Gasteiger partial charge in [0, 0.05) is 0 Å². The van der Waals surface area contributed by atoms with E-state index in [2.05, 4.69) is 0 Å². The second-order valence-corrected chi connectivity index (χ2v) is 5.25. The van der Waals surface area contributed by atoms with Crippen molar-refractivity contribution in [3.05, 3.63) is 75.9 Å². The molecule has 2 aromatic rings. The molecule has 0 heterocycles. The number of hydrogen-bond acceptors (Lipinski definition) is 4. The Balaban J connectivity index is 2.10. The quantitative estimate of drug-likeness (QED) is 0.428. The summed E-state index contributed by atoms with van der Waals surface area (Å²) in [4.78, 5) is 10.8. The summed E-state index contributed by atoms with van der Waals surface area (Å²) in [6, 6.07) is 14.1. The standard InChI is InChI=1S/C18H19NO4/c1-14(2)10-11-22-16-8-9-18(17(12-16)19(20)21)23-13-15-6-4-3-5-7-15/h3-10,12H,11,13H2,1-2H3. The molecule has 0 bridgehead atoms. The van der Waals surface area contributed by atoms with E-state index in [-0.39, 0.29) is 18.0 Å². The van der Waals surface area contributed by atoms with Crippen LogP contribution in [0.3, 0.4) is 0 Å². The third-order valence-corrected chi connectivity index (χ3v) is 3.11. The van der Waals surface area contributed by atoms with E-state index in [1.165, 1.54) is 6.07 Å². The Labute approximate surface area is 135 Å². The van der Waals surface area contributed by atoms with Gasteiger partial charge in [0.15, 0.2) is 5.75 Å². The van der Waals surface area contributed by atoms with Crippen LogP contribution in [0.1, 0.15) is 19.4 Å². The topological polar surface area (TPSA) is 61.6 Å². The van der Waals surface area contributed by atoms with Crippen LogP contribution in [0.15, 0.2) is 60.2 Å². The first-order chi connectivity index (χ1) is 11.1. The van der Waals surface area contributed by atoms with E-state index in [1.54, 1.807) is 12.1 Å². The minimum absolute atomic E-state index is 0.101. The van der Waals surface area contributed by atoms with Crippen LogP contribution in [0.2, 0.25) is 0 Å². The summed E-state index contributed by atoms with van der Waals surface area (Å²) >= 11 is 0. The Morgan fingerprint density at radius 3 is 2.52 bits per heavy atom. The van der Waals surface area contributed by atoms with E-state index in [1.807, 2.05) is 50.3 Å². The van der Waals surface area contributed by atoms with Gasteiger partial charge in [-0.05, 0) is 37.6 Å². The summed E-state index contributed by atoms with van der Waals surface area (Å²) in [5.74, 6) is 0.676. The van der Waals surface area contributed by atoms with E-state index in [0.29, 0.717) is 12.4 Å². The van der Waals surface area contributed by atoms with Gasteiger partial charge < -0.3 is 9.47 Å². The highest BCUT2D eigenvalue weighted by Crippen LogP contribution is 2.31. The summed E-state index contributed by atoms with van der Waals surface area (Å²) in [5.41, 5.74) is 1.98. The zero-order valence-electron chi connectivity index (χ0n) is 13.2. The highest BCUT2D eigenvalue weighted by atomic mass is 16.6. The van der Waals surface area contributed by atoms with Gasteiger partial charge >= 0.3 is 5.69 Å². The Morgan fingerprint density at radius 2 is 1.87 bits per heavy atom. The maximum atomic E-state index is 11.2. The fourth-order valence-corrected chi connectivity index (χ4v) is 1.89. The minimum Gasteiger partial charge on any atom is -0.489 e. The molecule has 0 amide bonds. The third-order valence-electron chi connectivity index (χ3n) is 3.11. The van der Waals surface area contributed by atoms with Crippen LogP contribution in [-0.2, 0) is 6.61 Å². The van der Waals surface area contributed by atoms with Crippen LogP contribution < -0.4 is 9.47 Å². The van der Waals surface area contributed by atoms with E-state index >= 15 is 0 Å². The Bertz CT molecular complexity index is 691. The molecule has 0 aromatic heterocycles. The molecule has 0 atom stereocenters. The average Bonchev–Trinajstić information content (AvgIpc) is 2.54. The lowest BCUT2D eigenvalue weighted by Crippen LogP contribution is -2.00. The first-order valence-electron chi connectivity index (χ1n) is 7.27. The van der Waals surface area contributed by atoms with Crippen molar-refractivity contribution < 1.29 is 14.4 Å². The maximum Gasteiger partial charge on any atom is 0.314 e. The van der Waals surface area contributed by atoms with Gasteiger partial charge in [-0.25, -0.2) is 0 Å². The zero-order chi connectivity index (χ0) is 16.7. The van der Waals surface area contributed by atoms with E-state index in [9.17, 15) is 10.1 Å². The second kappa shape index (κ2) is 7.98. The van der Waals surface area contributed by atoms with Gasteiger partial charge in [0.1, 0.15) is 19.0 Å². The molecule has 2 rings (SSSR count). The largest absolute Gasteiger partial charge is 0.489 e. The molecule has 0 aliphatic heterocycles. The van der Waals surface area contributed by atoms with Crippen molar-refractivity contribution in [2.45, 2.75) is 20.5 Å². The van der Waals surface area contributed by atoms with E-state index in [4.69, 9.17) is 9.47 Å². The van der Waals surface area contributed by atoms with Crippen molar-refractivity contribution in [1.29, 1.82) is 0 Å². The number of nitrogens with zero attached hydrogens (tertiary/aromatic N) is 1. The van der Waals surface area contributed by atoms with Crippen molar-refractivity contribution in [2.75, 3.05) is 6.61 Å². The first kappa shape index (κ1) is 16.5. The van der Waals surface area contributed by atoms with Gasteiger partial charge in [0.25, 0.3) is 0 Å². The summed E-state index contributed by atoms with van der Waals surface area (Å²) in [7, 11) is 0. The van der Waals surface area contributed by atoms with Crippen LogP contribution in [0.25, 0.3) is 0 Å². The molecule has 0 saturated carbocycles. The predicted molar refractivity (Wildman–Crippen MR) is 88.8 cm³/mol. The molecule has 120 valence electrons. The monoisotopic (exact) mass is 313 g/mol. The van der Waals surface area contributed by atoms with Crippen LogP contribution >= 0.6 is 0 Å². The van der Waals surface area contributed by atoms with Gasteiger partial charge in [0.2, 0.25) is 0 Å². The minimum atomic E-state index is -0.464. The molecule has 5 nitrogen and oxygen atoms in total. The summed E-state index contributed by atoms with van der Waals surface area (Å²) < 4.78 is 11.1. The first-order valence-corrected chi connectivity index (χ1v) is 7.27. The lowest BCUT2D eigenvalue weighted by molar-refractivity contribution is -0.386. The van der Waals surface area contributed by atoms with Crippen LogP contribution in [0.4, 0.5) is 5.69 Å². The lowest BCUT2D eigenvalue weighted by Gasteiger charge is -2.09. The normalized spacial score (nSPS) is 10.0. The van der Waals surface area contributed by atoms with E-state index < -0.39 is 4.92 Å². The second-order valence-electron chi connectivity index (χ2n) is 5.25. The highest BCUT2D eigenvalue weighted by Gasteiger charge is 2.16. The molecular weight excluding hydrogens is 294 g/mol. The smallest absolute Gasteiger partial charge is 0.314 e. The molecule has 0 saturated heterocycles. The SMILES string of the molecule is CC(C)=CCOc1ccc(OCc2ccccc2)c([N+](=O)[O-])c1. The lowest BCUT2D eigenvalue weighted by atomic mass is 10.2. The zero-order valence-corrected chi connectivity index (χ0v) is 13.2. The van der Waals surface area contributed by atoms with Gasteiger partial charge in [-0.3, -0.25) is 10.1 Å². The molecule has 23 heavy (non-hydrogen) atoms. The van der Waals surface area contributed by atoms with Crippen molar-refractivity contribution in [1.82, 2.24) is 0 Å². The number of ether oxygens (including phenoxy) is 2. The molecule has 0 aliphatic rings. The Morgan fingerprint density at radius 1 is 1.13 bits per heavy atom. The molecular formula is C18H19NO4. The van der Waals surface area contributed by atoms with Gasteiger partial charge in [0.05, 0.1) is 11.0 Å². The molecule has 0 N–H and O–H groups in total. The molecule has 2 aromatic carbocycles. The number of nitro groups is 1. The Kier molecular flexibility index (Phi) is 5.74. The summed E-state index contributed by atoms with van der Waals surface area (Å²) in [6.07, 6.45) is 1.91. The van der Waals surface area contributed by atoms with Crippen molar-refractivity contribution in [3.8, 4) is 11.5 Å². The molecule has 0 unspecified atom stereocenters. The van der Waals surface area contributed by atoms with Crippen LogP contribution in [0.5, 0.6) is 11.5 Å². The molecule has 0 fully saturated rings. The molecule has 0 spiro atoms. The molecule has 5 heteroatoms.